The van der Waals surface area contributed by atoms with Crippen LogP contribution in [-0.4, -0.2) is 30.0 Å². The normalized spacial score (nSPS) is 16.1. The van der Waals surface area contributed by atoms with Crippen molar-refractivity contribution in [2.24, 2.45) is 0 Å². The van der Waals surface area contributed by atoms with Crippen molar-refractivity contribution in [1.29, 1.82) is 0 Å². The number of hydrogen-bond acceptors (Lipinski definition) is 4. The van der Waals surface area contributed by atoms with Crippen LogP contribution in [0.2, 0.25) is 0 Å². The van der Waals surface area contributed by atoms with Gasteiger partial charge in [0, 0.05) is 29.9 Å². The van der Waals surface area contributed by atoms with Crippen LogP contribution >= 0.6 is 11.3 Å². The van der Waals surface area contributed by atoms with Gasteiger partial charge in [0.05, 0.1) is 5.69 Å². The molecule has 1 aromatic rings. The summed E-state index contributed by atoms with van der Waals surface area (Å²) in [4.78, 5) is 8.47. The molecule has 1 aromatic heterocycles. The van der Waals surface area contributed by atoms with E-state index in [4.69, 9.17) is 4.98 Å². The molecule has 1 fully saturated rings. The molecule has 1 saturated carbocycles. The van der Waals surface area contributed by atoms with Crippen LogP contribution in [-0.2, 0) is 13.1 Å². The Kier molecular flexibility index (Phi) is 4.17. The maximum atomic E-state index is 4.83. The van der Waals surface area contributed by atoms with Gasteiger partial charge >= 0.3 is 0 Å². The summed E-state index contributed by atoms with van der Waals surface area (Å²) in [6.45, 7) is 6.33. The van der Waals surface area contributed by atoms with Gasteiger partial charge < -0.3 is 10.2 Å². The highest BCUT2D eigenvalue weighted by Gasteiger charge is 2.29. The molecule has 0 aliphatic heterocycles. The van der Waals surface area contributed by atoms with Crippen LogP contribution in [0.3, 0.4) is 0 Å². The maximum Gasteiger partial charge on any atom is 0.107 e. The van der Waals surface area contributed by atoms with Crippen LogP contribution in [0.4, 0.5) is 0 Å². The first-order chi connectivity index (χ1) is 8.06. The lowest BCUT2D eigenvalue weighted by Crippen LogP contribution is -2.21. The van der Waals surface area contributed by atoms with Crippen molar-refractivity contribution in [2.75, 3.05) is 14.1 Å². The third-order valence-electron chi connectivity index (χ3n) is 2.86. The molecule has 0 atom stereocenters. The average molecular weight is 253 g/mol. The van der Waals surface area contributed by atoms with E-state index in [-0.39, 0.29) is 0 Å². The van der Waals surface area contributed by atoms with E-state index in [2.05, 4.69) is 38.2 Å². The van der Waals surface area contributed by atoms with Crippen LogP contribution in [0.15, 0.2) is 0 Å². The number of thiazole rings is 1. The fourth-order valence-corrected chi connectivity index (χ4v) is 3.07. The molecule has 0 saturated heterocycles. The van der Waals surface area contributed by atoms with Crippen molar-refractivity contribution >= 4 is 11.3 Å². The zero-order chi connectivity index (χ0) is 12.4. The number of hydrogen-bond donors (Lipinski definition) is 1. The molecule has 1 heterocycles. The number of nitrogens with zero attached hydrogens (tertiary/aromatic N) is 2. The summed E-state index contributed by atoms with van der Waals surface area (Å²) in [5.74, 6) is 0.756. The first-order valence-corrected chi connectivity index (χ1v) is 7.24. The van der Waals surface area contributed by atoms with Crippen LogP contribution in [0.5, 0.6) is 0 Å². The van der Waals surface area contributed by atoms with Crippen LogP contribution < -0.4 is 5.32 Å². The van der Waals surface area contributed by atoms with Crippen molar-refractivity contribution in [3.63, 3.8) is 0 Å². The topological polar surface area (TPSA) is 28.2 Å². The van der Waals surface area contributed by atoms with Gasteiger partial charge in [0.15, 0.2) is 0 Å². The van der Waals surface area contributed by atoms with E-state index in [0.717, 1.165) is 19.0 Å². The summed E-state index contributed by atoms with van der Waals surface area (Å²) in [6.07, 6.45) is 2.67. The zero-order valence-corrected chi connectivity index (χ0v) is 12.1. The number of rotatable bonds is 6. The molecule has 0 unspecified atom stereocenters. The summed E-state index contributed by atoms with van der Waals surface area (Å²) < 4.78 is 0. The molecule has 0 amide bonds. The first kappa shape index (κ1) is 13.0. The summed E-state index contributed by atoms with van der Waals surface area (Å²) in [6, 6.07) is 0.543. The van der Waals surface area contributed by atoms with Gasteiger partial charge in [-0.25, -0.2) is 4.98 Å². The SMILES string of the molecule is CC(C)NCc1sc(CN(C)C)nc1C1CC1. The van der Waals surface area contributed by atoms with Crippen molar-refractivity contribution in [1.82, 2.24) is 15.2 Å². The van der Waals surface area contributed by atoms with Crippen molar-refractivity contribution in [2.45, 2.75) is 51.7 Å². The second kappa shape index (κ2) is 5.46. The molecular formula is C13H23N3S. The molecule has 3 nitrogen and oxygen atoms in total. The molecule has 0 aromatic carbocycles. The average Bonchev–Trinajstić information content (AvgIpc) is 2.98. The highest BCUT2D eigenvalue weighted by Crippen LogP contribution is 2.42. The molecule has 0 spiro atoms. The molecular weight excluding hydrogens is 230 g/mol. The summed E-state index contributed by atoms with van der Waals surface area (Å²) in [7, 11) is 4.20. The number of aromatic nitrogens is 1. The van der Waals surface area contributed by atoms with Gasteiger partial charge in [-0.1, -0.05) is 13.8 Å². The van der Waals surface area contributed by atoms with Gasteiger partial charge in [-0.05, 0) is 26.9 Å². The van der Waals surface area contributed by atoms with E-state index in [1.807, 2.05) is 11.3 Å². The highest BCUT2D eigenvalue weighted by atomic mass is 32.1. The Bertz CT molecular complexity index is 367. The van der Waals surface area contributed by atoms with E-state index < -0.39 is 0 Å². The Morgan fingerprint density at radius 2 is 2.12 bits per heavy atom. The Morgan fingerprint density at radius 1 is 1.41 bits per heavy atom. The minimum absolute atomic E-state index is 0.543. The lowest BCUT2D eigenvalue weighted by Gasteiger charge is -2.07. The Labute approximate surface area is 108 Å². The molecule has 1 aliphatic carbocycles. The zero-order valence-electron chi connectivity index (χ0n) is 11.3. The predicted molar refractivity (Wildman–Crippen MR) is 73.5 cm³/mol. The standard InChI is InChI=1S/C13H23N3S/c1-9(2)14-7-11-13(10-5-6-10)15-12(17-11)8-16(3)4/h9-10,14H,5-8H2,1-4H3. The Balaban J connectivity index is 2.08. The van der Waals surface area contributed by atoms with E-state index in [1.54, 1.807) is 0 Å². The second-order valence-corrected chi connectivity index (χ2v) is 6.63. The summed E-state index contributed by atoms with van der Waals surface area (Å²) in [5, 5.41) is 4.77. The first-order valence-electron chi connectivity index (χ1n) is 6.43. The van der Waals surface area contributed by atoms with Gasteiger partial charge in [0.25, 0.3) is 0 Å². The lowest BCUT2D eigenvalue weighted by molar-refractivity contribution is 0.401. The number of nitrogens with one attached hydrogen (secondary N) is 1. The quantitative estimate of drug-likeness (QED) is 0.844. The van der Waals surface area contributed by atoms with E-state index >= 15 is 0 Å². The fraction of sp³-hybridized carbons (Fsp3) is 0.769. The fourth-order valence-electron chi connectivity index (χ4n) is 1.85. The third-order valence-corrected chi connectivity index (χ3v) is 3.91. The smallest absolute Gasteiger partial charge is 0.107 e. The molecule has 1 N–H and O–H groups in total. The van der Waals surface area contributed by atoms with Gasteiger partial charge in [0.2, 0.25) is 0 Å². The van der Waals surface area contributed by atoms with E-state index in [9.17, 15) is 0 Å². The van der Waals surface area contributed by atoms with Gasteiger partial charge in [-0.15, -0.1) is 11.3 Å². The van der Waals surface area contributed by atoms with E-state index in [1.165, 1.54) is 28.4 Å². The largest absolute Gasteiger partial charge is 0.310 e. The van der Waals surface area contributed by atoms with Crippen molar-refractivity contribution in [3.8, 4) is 0 Å². The van der Waals surface area contributed by atoms with Crippen molar-refractivity contribution in [3.05, 3.63) is 15.6 Å². The second-order valence-electron chi connectivity index (χ2n) is 5.46. The van der Waals surface area contributed by atoms with Gasteiger partial charge in [-0.3, -0.25) is 0 Å². The lowest BCUT2D eigenvalue weighted by atomic mass is 10.2. The molecule has 17 heavy (non-hydrogen) atoms. The summed E-state index contributed by atoms with van der Waals surface area (Å²) in [5.41, 5.74) is 1.38. The molecule has 96 valence electrons. The van der Waals surface area contributed by atoms with Crippen LogP contribution in [0.1, 0.15) is 48.2 Å². The molecule has 4 heteroatoms. The minimum atomic E-state index is 0.543. The Hall–Kier alpha value is -0.450. The third kappa shape index (κ3) is 3.76. The maximum absolute atomic E-state index is 4.83. The summed E-state index contributed by atoms with van der Waals surface area (Å²) >= 11 is 1.88. The van der Waals surface area contributed by atoms with Gasteiger partial charge in [0.1, 0.15) is 5.01 Å². The molecule has 2 rings (SSSR count). The molecule has 0 radical (unpaired) electrons. The predicted octanol–water partition coefficient (Wildman–Crippen LogP) is 2.58. The Morgan fingerprint density at radius 3 is 2.65 bits per heavy atom. The minimum Gasteiger partial charge on any atom is -0.310 e. The highest BCUT2D eigenvalue weighted by molar-refractivity contribution is 7.11. The molecule has 1 aliphatic rings. The van der Waals surface area contributed by atoms with Crippen LogP contribution in [0.25, 0.3) is 0 Å². The monoisotopic (exact) mass is 253 g/mol. The molecule has 0 bridgehead atoms. The van der Waals surface area contributed by atoms with Gasteiger partial charge in [-0.2, -0.15) is 0 Å². The van der Waals surface area contributed by atoms with Crippen LogP contribution in [0, 0.1) is 0 Å². The van der Waals surface area contributed by atoms with E-state index in [0.29, 0.717) is 6.04 Å². The van der Waals surface area contributed by atoms with Crippen molar-refractivity contribution < 1.29 is 0 Å².